The molecule has 1 aromatic rings. The van der Waals surface area contributed by atoms with Crippen molar-refractivity contribution in [3.8, 4) is 0 Å². The third-order valence-corrected chi connectivity index (χ3v) is 5.13. The lowest BCUT2D eigenvalue weighted by molar-refractivity contribution is 0.0922. The van der Waals surface area contributed by atoms with Crippen LogP contribution in [-0.4, -0.2) is 17.9 Å². The van der Waals surface area contributed by atoms with Gasteiger partial charge in [0.25, 0.3) is 11.8 Å². The molecule has 1 heterocycles. The van der Waals surface area contributed by atoms with Crippen molar-refractivity contribution < 1.29 is 9.59 Å². The average molecular weight is 308 g/mol. The minimum atomic E-state index is -0.490. The van der Waals surface area contributed by atoms with E-state index in [1.807, 2.05) is 6.92 Å². The lowest BCUT2D eigenvalue weighted by Gasteiger charge is -2.18. The number of fused-ring (bicyclic) bond motifs is 1. The van der Waals surface area contributed by atoms with Crippen LogP contribution in [0.25, 0.3) is 0 Å². The van der Waals surface area contributed by atoms with Gasteiger partial charge in [0.2, 0.25) is 0 Å². The van der Waals surface area contributed by atoms with Gasteiger partial charge in [-0.3, -0.25) is 9.59 Å². The molecule has 0 aliphatic heterocycles. The quantitative estimate of drug-likeness (QED) is 0.878. The van der Waals surface area contributed by atoms with Crippen LogP contribution < -0.4 is 11.1 Å². The zero-order valence-electron chi connectivity index (χ0n) is 13.0. The zero-order chi connectivity index (χ0) is 15.6. The second-order valence-electron chi connectivity index (χ2n) is 6.28. The summed E-state index contributed by atoms with van der Waals surface area (Å²) < 4.78 is 0. The Bertz CT molecular complexity index is 549. The number of thiophene rings is 1. The van der Waals surface area contributed by atoms with Gasteiger partial charge in [0, 0.05) is 10.9 Å². The van der Waals surface area contributed by atoms with Crippen molar-refractivity contribution in [1.82, 2.24) is 5.32 Å². The Kier molecular flexibility index (Phi) is 5.04. The Labute approximate surface area is 130 Å². The summed E-state index contributed by atoms with van der Waals surface area (Å²) in [6.45, 7) is 6.26. The standard InChI is InChI=1S/C16H24N2O2S/c1-9(2)8-10(3)18-16(20)13-11-6-4-5-7-12(11)21-14(13)15(17)19/h9-10H,4-8H2,1-3H3,(H2,17,19)(H,18,20). The van der Waals surface area contributed by atoms with Crippen molar-refractivity contribution in [2.45, 2.75) is 58.9 Å². The molecule has 1 aromatic heterocycles. The topological polar surface area (TPSA) is 72.2 Å². The van der Waals surface area contributed by atoms with E-state index in [1.165, 1.54) is 11.3 Å². The third-order valence-electron chi connectivity index (χ3n) is 3.82. The van der Waals surface area contributed by atoms with Gasteiger partial charge in [0.1, 0.15) is 4.88 Å². The van der Waals surface area contributed by atoms with E-state index in [9.17, 15) is 9.59 Å². The minimum Gasteiger partial charge on any atom is -0.365 e. The summed E-state index contributed by atoms with van der Waals surface area (Å²) in [6, 6.07) is 0.0948. The summed E-state index contributed by atoms with van der Waals surface area (Å²) in [7, 11) is 0. The van der Waals surface area contributed by atoms with Crippen LogP contribution in [0, 0.1) is 5.92 Å². The fourth-order valence-electron chi connectivity index (χ4n) is 3.04. The molecule has 5 heteroatoms. The number of amides is 2. The second kappa shape index (κ2) is 6.60. The Morgan fingerprint density at radius 1 is 1.24 bits per heavy atom. The maximum Gasteiger partial charge on any atom is 0.259 e. The average Bonchev–Trinajstić information content (AvgIpc) is 2.76. The van der Waals surface area contributed by atoms with Crippen molar-refractivity contribution in [2.24, 2.45) is 11.7 Å². The molecule has 1 aliphatic rings. The molecule has 2 rings (SSSR count). The van der Waals surface area contributed by atoms with E-state index in [-0.39, 0.29) is 11.9 Å². The van der Waals surface area contributed by atoms with E-state index in [0.29, 0.717) is 16.4 Å². The van der Waals surface area contributed by atoms with Crippen LogP contribution in [0.3, 0.4) is 0 Å². The Morgan fingerprint density at radius 3 is 2.52 bits per heavy atom. The molecule has 0 saturated heterocycles. The minimum absolute atomic E-state index is 0.0948. The lowest BCUT2D eigenvalue weighted by Crippen LogP contribution is -2.35. The Balaban J connectivity index is 2.27. The molecule has 1 aliphatic carbocycles. The molecule has 0 saturated carbocycles. The number of rotatable bonds is 5. The van der Waals surface area contributed by atoms with Crippen LogP contribution in [0.5, 0.6) is 0 Å². The van der Waals surface area contributed by atoms with Gasteiger partial charge in [-0.05, 0) is 50.5 Å². The van der Waals surface area contributed by atoms with Crippen LogP contribution >= 0.6 is 11.3 Å². The first kappa shape index (κ1) is 16.0. The number of carbonyl (C=O) groups is 2. The molecule has 2 amide bonds. The van der Waals surface area contributed by atoms with E-state index in [2.05, 4.69) is 19.2 Å². The molecule has 0 radical (unpaired) electrons. The van der Waals surface area contributed by atoms with Crippen molar-refractivity contribution in [3.63, 3.8) is 0 Å². The maximum absolute atomic E-state index is 12.6. The highest BCUT2D eigenvalue weighted by molar-refractivity contribution is 7.14. The number of aryl methyl sites for hydroxylation is 1. The molecule has 1 atom stereocenters. The molecule has 3 N–H and O–H groups in total. The molecular formula is C16H24N2O2S. The molecule has 0 bridgehead atoms. The van der Waals surface area contributed by atoms with E-state index in [0.717, 1.165) is 42.5 Å². The number of carbonyl (C=O) groups excluding carboxylic acids is 2. The normalized spacial score (nSPS) is 15.6. The highest BCUT2D eigenvalue weighted by atomic mass is 32.1. The first-order valence-electron chi connectivity index (χ1n) is 7.65. The van der Waals surface area contributed by atoms with Crippen LogP contribution in [0.4, 0.5) is 0 Å². The van der Waals surface area contributed by atoms with Gasteiger partial charge >= 0.3 is 0 Å². The third kappa shape index (κ3) is 3.64. The number of nitrogens with two attached hydrogens (primary N) is 1. The smallest absolute Gasteiger partial charge is 0.259 e. The molecule has 116 valence electrons. The van der Waals surface area contributed by atoms with Gasteiger partial charge in [0.15, 0.2) is 0 Å². The molecule has 0 spiro atoms. The predicted molar refractivity (Wildman–Crippen MR) is 85.9 cm³/mol. The summed E-state index contributed by atoms with van der Waals surface area (Å²) >= 11 is 1.40. The molecule has 4 nitrogen and oxygen atoms in total. The van der Waals surface area contributed by atoms with Crippen molar-refractivity contribution in [1.29, 1.82) is 0 Å². The Morgan fingerprint density at radius 2 is 1.90 bits per heavy atom. The van der Waals surface area contributed by atoms with Gasteiger partial charge in [-0.25, -0.2) is 0 Å². The lowest BCUT2D eigenvalue weighted by atomic mass is 9.94. The molecular weight excluding hydrogens is 284 g/mol. The van der Waals surface area contributed by atoms with Crippen LogP contribution in [0.1, 0.15) is 70.5 Å². The SMILES string of the molecule is CC(C)CC(C)NC(=O)c1c(C(N)=O)sc2c1CCCC2. The largest absolute Gasteiger partial charge is 0.365 e. The van der Waals surface area contributed by atoms with Gasteiger partial charge < -0.3 is 11.1 Å². The van der Waals surface area contributed by atoms with Gasteiger partial charge in [-0.15, -0.1) is 11.3 Å². The van der Waals surface area contributed by atoms with E-state index >= 15 is 0 Å². The summed E-state index contributed by atoms with van der Waals surface area (Å²) in [5.74, 6) is -0.111. The second-order valence-corrected chi connectivity index (χ2v) is 7.39. The van der Waals surface area contributed by atoms with Crippen LogP contribution in [0.15, 0.2) is 0 Å². The van der Waals surface area contributed by atoms with E-state index < -0.39 is 5.91 Å². The first-order chi connectivity index (χ1) is 9.90. The Hall–Kier alpha value is -1.36. The number of primary amides is 1. The monoisotopic (exact) mass is 308 g/mol. The fourth-order valence-corrected chi connectivity index (χ4v) is 4.28. The fraction of sp³-hybridized carbons (Fsp3) is 0.625. The van der Waals surface area contributed by atoms with E-state index in [4.69, 9.17) is 5.73 Å². The van der Waals surface area contributed by atoms with E-state index in [1.54, 1.807) is 0 Å². The molecule has 21 heavy (non-hydrogen) atoms. The van der Waals surface area contributed by atoms with Gasteiger partial charge in [0.05, 0.1) is 5.56 Å². The number of hydrogen-bond acceptors (Lipinski definition) is 3. The van der Waals surface area contributed by atoms with Crippen LogP contribution in [-0.2, 0) is 12.8 Å². The zero-order valence-corrected chi connectivity index (χ0v) is 13.8. The number of hydrogen-bond donors (Lipinski definition) is 2. The highest BCUT2D eigenvalue weighted by Crippen LogP contribution is 2.34. The van der Waals surface area contributed by atoms with Gasteiger partial charge in [-0.2, -0.15) is 0 Å². The predicted octanol–water partition coefficient (Wildman–Crippen LogP) is 2.89. The summed E-state index contributed by atoms with van der Waals surface area (Å²) in [5, 5.41) is 3.02. The summed E-state index contributed by atoms with van der Waals surface area (Å²) in [4.78, 5) is 25.8. The summed E-state index contributed by atoms with van der Waals surface area (Å²) in [5.41, 5.74) is 7.06. The summed E-state index contributed by atoms with van der Waals surface area (Å²) in [6.07, 6.45) is 4.94. The number of nitrogens with one attached hydrogen (secondary N) is 1. The van der Waals surface area contributed by atoms with Crippen LogP contribution in [0.2, 0.25) is 0 Å². The first-order valence-corrected chi connectivity index (χ1v) is 8.47. The van der Waals surface area contributed by atoms with Gasteiger partial charge in [-0.1, -0.05) is 13.8 Å². The highest BCUT2D eigenvalue weighted by Gasteiger charge is 2.28. The van der Waals surface area contributed by atoms with Crippen molar-refractivity contribution >= 4 is 23.2 Å². The maximum atomic E-state index is 12.6. The molecule has 0 aromatic carbocycles. The molecule has 0 fully saturated rings. The molecule has 1 unspecified atom stereocenters. The van der Waals surface area contributed by atoms with Crippen molar-refractivity contribution in [2.75, 3.05) is 0 Å². The van der Waals surface area contributed by atoms with Crippen molar-refractivity contribution in [3.05, 3.63) is 20.9 Å².